The third kappa shape index (κ3) is 4.39. The van der Waals surface area contributed by atoms with E-state index in [1.54, 1.807) is 36.8 Å². The summed E-state index contributed by atoms with van der Waals surface area (Å²) in [4.78, 5) is 21.8. The second-order valence-electron chi connectivity index (χ2n) is 8.28. The van der Waals surface area contributed by atoms with E-state index < -0.39 is 0 Å². The van der Waals surface area contributed by atoms with Crippen LogP contribution in [0.3, 0.4) is 0 Å². The van der Waals surface area contributed by atoms with Crippen molar-refractivity contribution in [1.29, 1.82) is 5.26 Å². The minimum Gasteiger partial charge on any atom is -0.441 e. The number of nitrogens with zero attached hydrogens (tertiary/aromatic N) is 3. The fourth-order valence-electron chi connectivity index (χ4n) is 3.84. The summed E-state index contributed by atoms with van der Waals surface area (Å²) in [5, 5.41) is 12.6. The largest absolute Gasteiger partial charge is 0.441 e. The van der Waals surface area contributed by atoms with Crippen LogP contribution in [0.1, 0.15) is 59.0 Å². The quantitative estimate of drug-likeness (QED) is 0.424. The molecule has 2 aromatic heterocycles. The first-order valence-corrected chi connectivity index (χ1v) is 10.9. The lowest BCUT2D eigenvalue weighted by molar-refractivity contribution is 0.0940. The van der Waals surface area contributed by atoms with Gasteiger partial charge in [0.2, 0.25) is 5.89 Å². The van der Waals surface area contributed by atoms with E-state index in [0.29, 0.717) is 28.5 Å². The summed E-state index contributed by atoms with van der Waals surface area (Å²) in [6, 6.07) is 18.6. The van der Waals surface area contributed by atoms with Crippen LogP contribution in [0.15, 0.2) is 77.6 Å². The summed E-state index contributed by atoms with van der Waals surface area (Å²) < 4.78 is 6.01. The van der Waals surface area contributed by atoms with Crippen LogP contribution in [0.2, 0.25) is 0 Å². The molecule has 0 saturated heterocycles. The standard InChI is InChI=1S/C27H22N4O2/c1-17(20-6-4-10-29-15-20)31-26(32)22-11-21(24-7-3-2-5-19(24)14-28)12-23(13-22)27-30-16-25(33-27)18-8-9-18/h2-7,10-13,15-18H,8-9H2,1H3,(H,31,32). The molecule has 1 aliphatic rings. The highest BCUT2D eigenvalue weighted by molar-refractivity contribution is 5.97. The molecule has 1 unspecified atom stereocenters. The molecule has 6 nitrogen and oxygen atoms in total. The van der Waals surface area contributed by atoms with Gasteiger partial charge in [0.1, 0.15) is 5.76 Å². The smallest absolute Gasteiger partial charge is 0.251 e. The lowest BCUT2D eigenvalue weighted by Gasteiger charge is -2.15. The molecule has 0 bridgehead atoms. The number of aromatic nitrogens is 2. The predicted molar refractivity (Wildman–Crippen MR) is 124 cm³/mol. The van der Waals surface area contributed by atoms with E-state index in [0.717, 1.165) is 35.3 Å². The van der Waals surface area contributed by atoms with Crippen LogP contribution in [0.25, 0.3) is 22.6 Å². The highest BCUT2D eigenvalue weighted by Gasteiger charge is 2.28. The Balaban J connectivity index is 1.54. The Bertz CT molecular complexity index is 1350. The van der Waals surface area contributed by atoms with Crippen LogP contribution >= 0.6 is 0 Å². The molecule has 2 heterocycles. The number of rotatable bonds is 6. The Kier molecular flexibility index (Phi) is 5.45. The average molecular weight is 434 g/mol. The number of hydrogen-bond acceptors (Lipinski definition) is 5. The van der Waals surface area contributed by atoms with Crippen molar-refractivity contribution in [3.8, 4) is 28.7 Å². The molecule has 33 heavy (non-hydrogen) atoms. The van der Waals surface area contributed by atoms with E-state index in [1.165, 1.54) is 0 Å². The van der Waals surface area contributed by atoms with Gasteiger partial charge in [-0.2, -0.15) is 5.26 Å². The fraction of sp³-hybridized carbons (Fsp3) is 0.185. The van der Waals surface area contributed by atoms with Gasteiger partial charge >= 0.3 is 0 Å². The van der Waals surface area contributed by atoms with Crippen LogP contribution < -0.4 is 5.32 Å². The van der Waals surface area contributed by atoms with Crippen molar-refractivity contribution in [1.82, 2.24) is 15.3 Å². The first-order valence-electron chi connectivity index (χ1n) is 10.9. The van der Waals surface area contributed by atoms with Crippen molar-refractivity contribution >= 4 is 5.91 Å². The number of hydrogen-bond donors (Lipinski definition) is 1. The lowest BCUT2D eigenvalue weighted by Crippen LogP contribution is -2.26. The Hall–Kier alpha value is -4.24. The zero-order valence-electron chi connectivity index (χ0n) is 18.2. The van der Waals surface area contributed by atoms with Gasteiger partial charge in [-0.15, -0.1) is 0 Å². The number of amides is 1. The van der Waals surface area contributed by atoms with Crippen molar-refractivity contribution < 1.29 is 9.21 Å². The number of pyridine rings is 1. The molecule has 1 fully saturated rings. The number of nitrogens with one attached hydrogen (secondary N) is 1. The molecular weight excluding hydrogens is 412 g/mol. The van der Waals surface area contributed by atoms with E-state index in [4.69, 9.17) is 4.42 Å². The highest BCUT2D eigenvalue weighted by Crippen LogP contribution is 2.41. The van der Waals surface area contributed by atoms with Crippen LogP contribution in [-0.4, -0.2) is 15.9 Å². The number of carbonyl (C=O) groups excluding carboxylic acids is 1. The number of oxazole rings is 1. The number of carbonyl (C=O) groups is 1. The van der Waals surface area contributed by atoms with Gasteiger partial charge < -0.3 is 9.73 Å². The molecular formula is C27H22N4O2. The van der Waals surface area contributed by atoms with E-state index in [9.17, 15) is 10.1 Å². The summed E-state index contributed by atoms with van der Waals surface area (Å²) in [5.41, 5.74) is 4.14. The summed E-state index contributed by atoms with van der Waals surface area (Å²) >= 11 is 0. The van der Waals surface area contributed by atoms with Gasteiger partial charge in [-0.05, 0) is 66.8 Å². The van der Waals surface area contributed by atoms with Gasteiger partial charge in [0.15, 0.2) is 0 Å². The Morgan fingerprint density at radius 2 is 1.94 bits per heavy atom. The van der Waals surface area contributed by atoms with Gasteiger partial charge in [0, 0.05) is 29.4 Å². The normalized spacial score (nSPS) is 13.8. The number of nitriles is 1. The van der Waals surface area contributed by atoms with Gasteiger partial charge in [-0.3, -0.25) is 9.78 Å². The van der Waals surface area contributed by atoms with Gasteiger partial charge in [-0.25, -0.2) is 4.98 Å². The average Bonchev–Trinajstić information content (AvgIpc) is 3.60. The SMILES string of the molecule is CC(NC(=O)c1cc(-c2ncc(C3CC3)o2)cc(-c2ccccc2C#N)c1)c1cccnc1. The molecule has 1 aliphatic carbocycles. The van der Waals surface area contributed by atoms with Crippen molar-refractivity contribution in [3.63, 3.8) is 0 Å². The molecule has 1 atom stereocenters. The lowest BCUT2D eigenvalue weighted by atomic mass is 9.96. The van der Waals surface area contributed by atoms with E-state index in [-0.39, 0.29) is 11.9 Å². The predicted octanol–water partition coefficient (Wildman–Crippen LogP) is 5.64. The Labute approximate surface area is 191 Å². The topological polar surface area (TPSA) is 91.8 Å². The van der Waals surface area contributed by atoms with Gasteiger partial charge in [-0.1, -0.05) is 24.3 Å². The second-order valence-corrected chi connectivity index (χ2v) is 8.28. The fourth-order valence-corrected chi connectivity index (χ4v) is 3.84. The molecule has 1 saturated carbocycles. The minimum absolute atomic E-state index is 0.215. The Morgan fingerprint density at radius 3 is 2.70 bits per heavy atom. The molecule has 2 aromatic carbocycles. The molecule has 1 amide bonds. The Morgan fingerprint density at radius 1 is 1.12 bits per heavy atom. The number of benzene rings is 2. The van der Waals surface area contributed by atoms with Crippen LogP contribution in [0.4, 0.5) is 0 Å². The van der Waals surface area contributed by atoms with Crippen LogP contribution in [0, 0.1) is 11.3 Å². The summed E-state index contributed by atoms with van der Waals surface area (Å²) in [5.74, 6) is 1.57. The molecule has 4 aromatic rings. The minimum atomic E-state index is -0.224. The maximum absolute atomic E-state index is 13.2. The molecule has 1 N–H and O–H groups in total. The van der Waals surface area contributed by atoms with Crippen LogP contribution in [-0.2, 0) is 0 Å². The molecule has 162 valence electrons. The van der Waals surface area contributed by atoms with Crippen molar-refractivity contribution in [2.24, 2.45) is 0 Å². The highest BCUT2D eigenvalue weighted by atomic mass is 16.4. The van der Waals surface area contributed by atoms with Crippen molar-refractivity contribution in [2.75, 3.05) is 0 Å². The zero-order chi connectivity index (χ0) is 22.8. The first-order chi connectivity index (χ1) is 16.1. The molecule has 5 rings (SSSR count). The van der Waals surface area contributed by atoms with E-state index in [1.807, 2.05) is 43.3 Å². The monoisotopic (exact) mass is 434 g/mol. The van der Waals surface area contributed by atoms with E-state index >= 15 is 0 Å². The second kappa shape index (κ2) is 8.71. The maximum atomic E-state index is 13.2. The maximum Gasteiger partial charge on any atom is 0.251 e. The van der Waals surface area contributed by atoms with Gasteiger partial charge in [0.05, 0.1) is 23.9 Å². The third-order valence-corrected chi connectivity index (χ3v) is 5.84. The summed E-state index contributed by atoms with van der Waals surface area (Å²) in [7, 11) is 0. The van der Waals surface area contributed by atoms with Crippen molar-refractivity contribution in [2.45, 2.75) is 31.7 Å². The molecule has 0 spiro atoms. The van der Waals surface area contributed by atoms with Gasteiger partial charge in [0.25, 0.3) is 5.91 Å². The summed E-state index contributed by atoms with van der Waals surface area (Å²) in [6.07, 6.45) is 7.44. The zero-order valence-corrected chi connectivity index (χ0v) is 18.2. The van der Waals surface area contributed by atoms with E-state index in [2.05, 4.69) is 21.4 Å². The van der Waals surface area contributed by atoms with Crippen molar-refractivity contribution in [3.05, 3.63) is 95.6 Å². The molecule has 6 heteroatoms. The molecule has 0 aliphatic heterocycles. The van der Waals surface area contributed by atoms with Crippen LogP contribution in [0.5, 0.6) is 0 Å². The first kappa shape index (κ1) is 20.7. The molecule has 0 radical (unpaired) electrons. The summed E-state index contributed by atoms with van der Waals surface area (Å²) in [6.45, 7) is 1.92. The third-order valence-electron chi connectivity index (χ3n) is 5.84.